The van der Waals surface area contributed by atoms with Crippen LogP contribution < -0.4 is 0 Å². The number of carbonyl (C=O) groups is 2. The number of rotatable bonds is 8. The second-order valence-corrected chi connectivity index (χ2v) is 7.31. The fourth-order valence-electron chi connectivity index (χ4n) is 3.78. The van der Waals surface area contributed by atoms with E-state index in [4.69, 9.17) is 9.47 Å². The molecule has 2 aromatic heterocycles. The summed E-state index contributed by atoms with van der Waals surface area (Å²) < 4.78 is 14.7. The van der Waals surface area contributed by atoms with Gasteiger partial charge in [0.15, 0.2) is 6.61 Å². The summed E-state index contributed by atoms with van der Waals surface area (Å²) >= 11 is 0. The zero-order valence-electron chi connectivity index (χ0n) is 16.8. The summed E-state index contributed by atoms with van der Waals surface area (Å²) in [7, 11) is 1.65. The highest BCUT2D eigenvalue weighted by atomic mass is 16.5. The molecule has 1 saturated carbocycles. The van der Waals surface area contributed by atoms with Gasteiger partial charge in [-0.25, -0.2) is 4.79 Å². The predicted molar refractivity (Wildman–Crippen MR) is 103 cm³/mol. The van der Waals surface area contributed by atoms with Crippen molar-refractivity contribution in [3.05, 3.63) is 46.0 Å². The van der Waals surface area contributed by atoms with Gasteiger partial charge in [0, 0.05) is 48.0 Å². The monoisotopic (exact) mass is 372 g/mol. The summed E-state index contributed by atoms with van der Waals surface area (Å²) in [5.41, 5.74) is 5.00. The summed E-state index contributed by atoms with van der Waals surface area (Å²) in [6, 6.07) is 4.21. The molecular formula is C21H28N2O4. The van der Waals surface area contributed by atoms with Crippen molar-refractivity contribution in [3.8, 4) is 0 Å². The van der Waals surface area contributed by atoms with E-state index in [1.165, 1.54) is 0 Å². The largest absolute Gasteiger partial charge is 0.454 e. The van der Waals surface area contributed by atoms with Crippen molar-refractivity contribution in [3.63, 3.8) is 0 Å². The van der Waals surface area contributed by atoms with Gasteiger partial charge in [-0.1, -0.05) is 0 Å². The third-order valence-corrected chi connectivity index (χ3v) is 5.34. The highest BCUT2D eigenvalue weighted by molar-refractivity contribution is 6.00. The number of aryl methyl sites for hydroxylation is 2. The van der Waals surface area contributed by atoms with Gasteiger partial charge in [-0.3, -0.25) is 4.79 Å². The first-order chi connectivity index (χ1) is 12.8. The summed E-state index contributed by atoms with van der Waals surface area (Å²) in [5.74, 6) is -0.618. The van der Waals surface area contributed by atoms with Gasteiger partial charge in [-0.2, -0.15) is 0 Å². The first-order valence-corrected chi connectivity index (χ1v) is 9.39. The third kappa shape index (κ3) is 3.86. The van der Waals surface area contributed by atoms with Crippen molar-refractivity contribution in [2.45, 2.75) is 53.1 Å². The number of hydrogen-bond donors (Lipinski definition) is 0. The molecule has 6 heteroatoms. The zero-order chi connectivity index (χ0) is 19.7. The molecule has 27 heavy (non-hydrogen) atoms. The van der Waals surface area contributed by atoms with Gasteiger partial charge in [0.05, 0.1) is 12.2 Å². The molecule has 1 aliphatic carbocycles. The lowest BCUT2D eigenvalue weighted by Gasteiger charge is -2.09. The fraction of sp³-hybridized carbons (Fsp3) is 0.524. The van der Waals surface area contributed by atoms with E-state index >= 15 is 0 Å². The van der Waals surface area contributed by atoms with E-state index in [2.05, 4.69) is 4.57 Å². The minimum Gasteiger partial charge on any atom is -0.454 e. The van der Waals surface area contributed by atoms with Gasteiger partial charge in [0.1, 0.15) is 0 Å². The average molecular weight is 372 g/mol. The Kier molecular flexibility index (Phi) is 5.56. The third-order valence-electron chi connectivity index (χ3n) is 5.34. The van der Waals surface area contributed by atoms with Gasteiger partial charge < -0.3 is 18.6 Å². The zero-order valence-corrected chi connectivity index (χ0v) is 16.8. The maximum atomic E-state index is 12.6. The molecule has 0 aliphatic heterocycles. The fourth-order valence-corrected chi connectivity index (χ4v) is 3.78. The number of aromatic nitrogens is 2. The van der Waals surface area contributed by atoms with Gasteiger partial charge in [-0.15, -0.1) is 0 Å². The number of methoxy groups -OCH3 is 1. The second kappa shape index (κ2) is 7.72. The Bertz CT molecular complexity index is 871. The number of Topliss-reactive ketones (excluding diaryl/α,β-unsaturated/α-hetero) is 1. The van der Waals surface area contributed by atoms with Gasteiger partial charge >= 0.3 is 5.97 Å². The number of nitrogens with zero attached hydrogens (tertiary/aromatic N) is 2. The Hall–Kier alpha value is -2.34. The van der Waals surface area contributed by atoms with E-state index in [9.17, 15) is 9.59 Å². The Morgan fingerprint density at radius 2 is 1.70 bits per heavy atom. The van der Waals surface area contributed by atoms with E-state index < -0.39 is 5.97 Å². The molecule has 0 atom stereocenters. The molecule has 146 valence electrons. The van der Waals surface area contributed by atoms with E-state index in [-0.39, 0.29) is 12.4 Å². The number of esters is 1. The lowest BCUT2D eigenvalue weighted by molar-refractivity contribution is 0.0473. The van der Waals surface area contributed by atoms with E-state index in [0.29, 0.717) is 30.3 Å². The molecule has 0 radical (unpaired) electrons. The molecule has 3 rings (SSSR count). The first-order valence-electron chi connectivity index (χ1n) is 9.39. The molecule has 0 saturated heterocycles. The van der Waals surface area contributed by atoms with Gasteiger partial charge in [0.2, 0.25) is 5.78 Å². The molecule has 0 unspecified atom stereocenters. The van der Waals surface area contributed by atoms with Crippen LogP contribution in [0.15, 0.2) is 12.1 Å². The normalized spacial score (nSPS) is 13.8. The highest BCUT2D eigenvalue weighted by Crippen LogP contribution is 2.38. The molecule has 0 spiro atoms. The molecule has 2 aromatic rings. The maximum Gasteiger partial charge on any atom is 0.340 e. The summed E-state index contributed by atoms with van der Waals surface area (Å²) in [6.45, 7) is 8.82. The van der Waals surface area contributed by atoms with Crippen LogP contribution in [-0.2, 0) is 16.0 Å². The van der Waals surface area contributed by atoms with E-state index in [0.717, 1.165) is 35.6 Å². The van der Waals surface area contributed by atoms with Crippen LogP contribution >= 0.6 is 0 Å². The Balaban J connectivity index is 1.67. The molecule has 0 aromatic carbocycles. The van der Waals surface area contributed by atoms with Crippen molar-refractivity contribution in [2.75, 3.05) is 20.3 Å². The standard InChI is InChI=1S/C21H28N2O4/c1-13-10-18(15(3)22(13)8-9-26-5)20(24)12-27-21(25)19-11-14(2)23(16(19)4)17-6-7-17/h10-11,17H,6-9,12H2,1-5H3. The molecule has 2 heterocycles. The highest BCUT2D eigenvalue weighted by Gasteiger charge is 2.29. The maximum absolute atomic E-state index is 12.6. The lowest BCUT2D eigenvalue weighted by atomic mass is 10.1. The van der Waals surface area contributed by atoms with Crippen molar-refractivity contribution >= 4 is 11.8 Å². The van der Waals surface area contributed by atoms with E-state index in [1.54, 1.807) is 7.11 Å². The van der Waals surface area contributed by atoms with Gasteiger partial charge in [0.25, 0.3) is 0 Å². The summed E-state index contributed by atoms with van der Waals surface area (Å²) in [6.07, 6.45) is 2.31. The predicted octanol–water partition coefficient (Wildman–Crippen LogP) is 3.54. The number of ketones is 1. The minimum absolute atomic E-state index is 0.184. The van der Waals surface area contributed by atoms with Crippen molar-refractivity contribution < 1.29 is 19.1 Å². The van der Waals surface area contributed by atoms with Crippen LogP contribution in [0, 0.1) is 27.7 Å². The molecule has 6 nitrogen and oxygen atoms in total. The van der Waals surface area contributed by atoms with E-state index in [1.807, 2.05) is 44.4 Å². The van der Waals surface area contributed by atoms with Crippen molar-refractivity contribution in [2.24, 2.45) is 0 Å². The van der Waals surface area contributed by atoms with Gasteiger partial charge in [-0.05, 0) is 52.7 Å². The van der Waals surface area contributed by atoms with Crippen LogP contribution in [-0.4, -0.2) is 41.2 Å². The molecule has 0 N–H and O–H groups in total. The molecular weight excluding hydrogens is 344 g/mol. The van der Waals surface area contributed by atoms with Crippen LogP contribution in [0.3, 0.4) is 0 Å². The molecule has 1 aliphatic rings. The van der Waals surface area contributed by atoms with Crippen molar-refractivity contribution in [1.29, 1.82) is 0 Å². The second-order valence-electron chi connectivity index (χ2n) is 7.31. The Morgan fingerprint density at radius 1 is 1.04 bits per heavy atom. The van der Waals surface area contributed by atoms with Crippen LogP contribution in [0.5, 0.6) is 0 Å². The molecule has 0 bridgehead atoms. The smallest absolute Gasteiger partial charge is 0.340 e. The SMILES string of the molecule is COCCn1c(C)cc(C(=O)COC(=O)c2cc(C)n(C3CC3)c2C)c1C. The number of ether oxygens (including phenoxy) is 2. The molecule has 1 fully saturated rings. The van der Waals surface area contributed by atoms with Crippen LogP contribution in [0.4, 0.5) is 0 Å². The summed E-state index contributed by atoms with van der Waals surface area (Å²) in [5, 5.41) is 0. The van der Waals surface area contributed by atoms with Crippen LogP contribution in [0.1, 0.15) is 62.4 Å². The topological polar surface area (TPSA) is 62.5 Å². The minimum atomic E-state index is -0.434. The number of hydrogen-bond acceptors (Lipinski definition) is 4. The first kappa shape index (κ1) is 19.4. The summed E-state index contributed by atoms with van der Waals surface area (Å²) in [4.78, 5) is 25.1. The van der Waals surface area contributed by atoms with Crippen LogP contribution in [0.2, 0.25) is 0 Å². The average Bonchev–Trinajstić information content (AvgIpc) is 3.36. The van der Waals surface area contributed by atoms with Crippen molar-refractivity contribution in [1.82, 2.24) is 9.13 Å². The number of carbonyl (C=O) groups excluding carboxylic acids is 2. The quantitative estimate of drug-likeness (QED) is 0.525. The van der Waals surface area contributed by atoms with Crippen LogP contribution in [0.25, 0.3) is 0 Å². The Labute approximate surface area is 160 Å². The lowest BCUT2D eigenvalue weighted by Crippen LogP contribution is -2.16. The molecule has 0 amide bonds. The Morgan fingerprint density at radius 3 is 2.33 bits per heavy atom.